The molecule has 0 saturated heterocycles. The van der Waals surface area contributed by atoms with E-state index >= 15 is 0 Å². The molecule has 12 heteroatoms. The van der Waals surface area contributed by atoms with Gasteiger partial charge in [0.05, 0.1) is 0 Å². The van der Waals surface area contributed by atoms with E-state index in [4.69, 9.17) is 28.7 Å². The molecular formula is C24H62N12. The molecule has 0 aromatic heterocycles. The van der Waals surface area contributed by atoms with Crippen LogP contribution in [-0.2, 0) is 0 Å². The van der Waals surface area contributed by atoms with Crippen molar-refractivity contribution in [2.24, 2.45) is 28.7 Å². The monoisotopic (exact) mass is 519 g/mol. The minimum absolute atomic E-state index is 0.0534. The van der Waals surface area contributed by atoms with E-state index in [1.54, 1.807) is 0 Å². The highest BCUT2D eigenvalue weighted by molar-refractivity contribution is 4.79. The van der Waals surface area contributed by atoms with E-state index in [0.29, 0.717) is 32.7 Å². The van der Waals surface area contributed by atoms with Gasteiger partial charge >= 0.3 is 0 Å². The summed E-state index contributed by atoms with van der Waals surface area (Å²) in [4.78, 5) is 7.44. The molecule has 0 bridgehead atoms. The Hall–Kier alpha value is -0.480. The van der Waals surface area contributed by atoms with Crippen molar-refractivity contribution in [2.75, 3.05) is 137 Å². The van der Waals surface area contributed by atoms with Gasteiger partial charge in [-0.2, -0.15) is 0 Å². The summed E-state index contributed by atoms with van der Waals surface area (Å²) in [6, 6.07) is 0. The Morgan fingerprint density at radius 2 is 0.833 bits per heavy atom. The lowest BCUT2D eigenvalue weighted by Gasteiger charge is -2.31. The maximum absolute atomic E-state index is 5.90. The number of hydrogen-bond donors (Lipinski definition) is 9. The second-order valence-corrected chi connectivity index (χ2v) is 9.94. The zero-order chi connectivity index (χ0) is 26.9. The molecule has 0 saturated carbocycles. The van der Waals surface area contributed by atoms with Crippen molar-refractivity contribution < 1.29 is 0 Å². The normalized spacial score (nSPS) is 12.5. The summed E-state index contributed by atoms with van der Waals surface area (Å²) in [5.74, 6) is 0. The van der Waals surface area contributed by atoms with Crippen molar-refractivity contribution in [3.8, 4) is 0 Å². The number of nitrogens with two attached hydrogens (primary N) is 5. The predicted octanol–water partition coefficient (Wildman–Crippen LogP) is -4.18. The van der Waals surface area contributed by atoms with E-state index in [2.05, 4.69) is 49.8 Å². The minimum atomic E-state index is -0.0534. The highest BCUT2D eigenvalue weighted by Gasteiger charge is 2.16. The third-order valence-corrected chi connectivity index (χ3v) is 6.23. The van der Waals surface area contributed by atoms with Gasteiger partial charge in [-0.15, -0.1) is 0 Å². The number of hydrogen-bond acceptors (Lipinski definition) is 12. The van der Waals surface area contributed by atoms with Crippen LogP contribution in [0.1, 0.15) is 13.8 Å². The van der Waals surface area contributed by atoms with Crippen LogP contribution < -0.4 is 49.9 Å². The summed E-state index contributed by atoms with van der Waals surface area (Å²) in [5.41, 5.74) is 28.6. The molecule has 0 unspecified atom stereocenters. The van der Waals surface area contributed by atoms with E-state index in [9.17, 15) is 0 Å². The van der Waals surface area contributed by atoms with Crippen LogP contribution in [0.3, 0.4) is 0 Å². The zero-order valence-corrected chi connectivity index (χ0v) is 23.6. The Bertz CT molecular complexity index is 449. The van der Waals surface area contributed by atoms with Gasteiger partial charge in [-0.25, -0.2) is 0 Å². The minimum Gasteiger partial charge on any atom is -0.329 e. The fourth-order valence-electron chi connectivity index (χ4n) is 3.79. The van der Waals surface area contributed by atoms with Crippen LogP contribution in [-0.4, -0.2) is 158 Å². The smallest absolute Gasteiger partial charge is 0.0247 e. The fourth-order valence-corrected chi connectivity index (χ4v) is 3.79. The summed E-state index contributed by atoms with van der Waals surface area (Å²) in [5, 5.41) is 13.9. The predicted molar refractivity (Wildman–Crippen MR) is 155 cm³/mol. The third-order valence-electron chi connectivity index (χ3n) is 6.23. The maximum atomic E-state index is 5.90. The quantitative estimate of drug-likeness (QED) is 0.0455. The SMILES string of the molecule is CC(C)(CN)NCCN(CCN(CCN)CCN)CCN(CCNCCN)CCNCCNCCN. The van der Waals surface area contributed by atoms with Gasteiger partial charge < -0.3 is 49.9 Å². The Labute approximate surface area is 221 Å². The van der Waals surface area contributed by atoms with Crippen LogP contribution >= 0.6 is 0 Å². The Morgan fingerprint density at radius 1 is 0.444 bits per heavy atom. The van der Waals surface area contributed by atoms with E-state index in [0.717, 1.165) is 105 Å². The molecule has 0 aromatic rings. The lowest BCUT2D eigenvalue weighted by Crippen LogP contribution is -2.50. The summed E-state index contributed by atoms with van der Waals surface area (Å²) in [6.45, 7) is 22.8. The molecule has 0 aliphatic rings. The van der Waals surface area contributed by atoms with Gasteiger partial charge in [0.2, 0.25) is 0 Å². The molecule has 0 aliphatic heterocycles. The van der Waals surface area contributed by atoms with Gasteiger partial charge in [-0.1, -0.05) is 0 Å². The number of rotatable bonds is 28. The van der Waals surface area contributed by atoms with Crippen LogP contribution in [0.25, 0.3) is 0 Å². The van der Waals surface area contributed by atoms with Crippen molar-refractivity contribution in [1.29, 1.82) is 0 Å². The first-order valence-corrected chi connectivity index (χ1v) is 14.0. The Morgan fingerprint density at radius 3 is 1.28 bits per heavy atom. The second kappa shape index (κ2) is 24.8. The van der Waals surface area contributed by atoms with Gasteiger partial charge in [0.1, 0.15) is 0 Å². The van der Waals surface area contributed by atoms with Gasteiger partial charge in [-0.05, 0) is 13.8 Å². The standard InChI is InChI=1S/C24H62N12/c1-24(2,23-29)33-13-18-36(21-19-34(14-5-27)15-6-28)22-20-35(16-11-31-8-4-26)17-12-32-10-9-30-7-3-25/h30-33H,3-23,25-29H2,1-2H3. The Kier molecular flexibility index (Phi) is 24.5. The number of nitrogens with zero attached hydrogens (tertiary/aromatic N) is 3. The molecular weight excluding hydrogens is 456 g/mol. The van der Waals surface area contributed by atoms with Crippen molar-refractivity contribution in [2.45, 2.75) is 19.4 Å². The molecule has 218 valence electrons. The Balaban J connectivity index is 4.82. The molecule has 0 aliphatic carbocycles. The van der Waals surface area contributed by atoms with Gasteiger partial charge in [-0.3, -0.25) is 14.7 Å². The molecule has 0 spiro atoms. The maximum Gasteiger partial charge on any atom is 0.0247 e. The molecule has 0 heterocycles. The van der Waals surface area contributed by atoms with E-state index < -0.39 is 0 Å². The third kappa shape index (κ3) is 21.6. The first-order valence-electron chi connectivity index (χ1n) is 14.0. The van der Waals surface area contributed by atoms with Crippen LogP contribution in [0, 0.1) is 0 Å². The average molecular weight is 519 g/mol. The highest BCUT2D eigenvalue weighted by Crippen LogP contribution is 1.99. The molecule has 0 radical (unpaired) electrons. The van der Waals surface area contributed by atoms with Crippen LogP contribution in [0.5, 0.6) is 0 Å². The van der Waals surface area contributed by atoms with E-state index in [-0.39, 0.29) is 5.54 Å². The summed E-state index contributed by atoms with van der Waals surface area (Å²) in [6.07, 6.45) is 0. The van der Waals surface area contributed by atoms with E-state index in [1.165, 1.54) is 0 Å². The van der Waals surface area contributed by atoms with Gasteiger partial charge in [0, 0.05) is 143 Å². The summed E-state index contributed by atoms with van der Waals surface area (Å²) < 4.78 is 0. The van der Waals surface area contributed by atoms with Crippen LogP contribution in [0.2, 0.25) is 0 Å². The lowest BCUT2D eigenvalue weighted by molar-refractivity contribution is 0.175. The van der Waals surface area contributed by atoms with Gasteiger partial charge in [0.15, 0.2) is 0 Å². The highest BCUT2D eigenvalue weighted by atomic mass is 15.2. The summed E-state index contributed by atoms with van der Waals surface area (Å²) in [7, 11) is 0. The molecule has 0 aromatic carbocycles. The van der Waals surface area contributed by atoms with Crippen molar-refractivity contribution in [3.63, 3.8) is 0 Å². The molecule has 36 heavy (non-hydrogen) atoms. The first kappa shape index (κ1) is 35.5. The fraction of sp³-hybridized carbons (Fsp3) is 1.00. The molecule has 0 amide bonds. The summed E-state index contributed by atoms with van der Waals surface area (Å²) >= 11 is 0. The molecule has 12 nitrogen and oxygen atoms in total. The van der Waals surface area contributed by atoms with Gasteiger partial charge in [0.25, 0.3) is 0 Å². The molecule has 0 atom stereocenters. The van der Waals surface area contributed by atoms with Crippen molar-refractivity contribution in [3.05, 3.63) is 0 Å². The first-order chi connectivity index (χ1) is 17.4. The molecule has 14 N–H and O–H groups in total. The number of nitrogens with one attached hydrogen (secondary N) is 4. The lowest BCUT2D eigenvalue weighted by atomic mass is 10.1. The van der Waals surface area contributed by atoms with Crippen molar-refractivity contribution >= 4 is 0 Å². The average Bonchev–Trinajstić information content (AvgIpc) is 2.86. The zero-order valence-electron chi connectivity index (χ0n) is 23.6. The second-order valence-electron chi connectivity index (χ2n) is 9.94. The van der Waals surface area contributed by atoms with Crippen molar-refractivity contribution in [1.82, 2.24) is 36.0 Å². The molecule has 0 fully saturated rings. The van der Waals surface area contributed by atoms with E-state index in [1.807, 2.05) is 0 Å². The van der Waals surface area contributed by atoms with Crippen LogP contribution in [0.15, 0.2) is 0 Å². The molecule has 0 rings (SSSR count). The van der Waals surface area contributed by atoms with Crippen LogP contribution in [0.4, 0.5) is 0 Å². The largest absolute Gasteiger partial charge is 0.329 e. The topological polar surface area (TPSA) is 188 Å².